The number of nitrogens with zero attached hydrogens (tertiary/aromatic N) is 5. The fourth-order valence-corrected chi connectivity index (χ4v) is 4.03. The summed E-state index contributed by atoms with van der Waals surface area (Å²) in [5.41, 5.74) is 2.15. The van der Waals surface area contributed by atoms with Crippen LogP contribution in [0.15, 0.2) is 39.3 Å². The molecular formula is C24H32N6O3. The van der Waals surface area contributed by atoms with Gasteiger partial charge in [-0.05, 0) is 47.2 Å². The summed E-state index contributed by atoms with van der Waals surface area (Å²) in [4.78, 5) is 16.8. The van der Waals surface area contributed by atoms with Crippen molar-refractivity contribution in [2.75, 3.05) is 32.7 Å². The van der Waals surface area contributed by atoms with E-state index in [1.54, 1.807) is 0 Å². The van der Waals surface area contributed by atoms with Crippen molar-refractivity contribution in [1.82, 2.24) is 30.5 Å². The van der Waals surface area contributed by atoms with Crippen LogP contribution in [0.1, 0.15) is 38.8 Å². The number of hydrogen-bond donors (Lipinski definition) is 1. The summed E-state index contributed by atoms with van der Waals surface area (Å²) < 4.78 is 11.4. The van der Waals surface area contributed by atoms with Gasteiger partial charge >= 0.3 is 0 Å². The molecule has 3 heterocycles. The van der Waals surface area contributed by atoms with Gasteiger partial charge in [0.1, 0.15) is 17.0 Å². The largest absolute Gasteiger partial charge is 0.419 e. The molecule has 1 fully saturated rings. The summed E-state index contributed by atoms with van der Waals surface area (Å²) in [5, 5.41) is 15.8. The van der Waals surface area contributed by atoms with Crippen LogP contribution >= 0.6 is 0 Å². The van der Waals surface area contributed by atoms with Crippen molar-refractivity contribution in [3.63, 3.8) is 0 Å². The molecule has 3 aromatic rings. The number of nitrogens with one attached hydrogen (secondary N) is 1. The predicted molar refractivity (Wildman–Crippen MR) is 124 cm³/mol. The van der Waals surface area contributed by atoms with Crippen LogP contribution in [0, 0.1) is 6.92 Å². The minimum atomic E-state index is -0.214. The SMILES string of the molecule is Cc1onc(-c2ccccc2)c1-c1nnc(CN2CCCN(CC(=O)NC(C)(C)C)CC2)o1. The second-order valence-corrected chi connectivity index (χ2v) is 9.53. The molecule has 1 aliphatic heterocycles. The molecule has 0 aliphatic carbocycles. The molecule has 176 valence electrons. The van der Waals surface area contributed by atoms with E-state index in [1.165, 1.54) is 0 Å². The minimum Gasteiger partial charge on any atom is -0.419 e. The lowest BCUT2D eigenvalue weighted by molar-refractivity contribution is -0.123. The van der Waals surface area contributed by atoms with Crippen molar-refractivity contribution in [3.05, 3.63) is 42.0 Å². The average molecular weight is 453 g/mol. The maximum absolute atomic E-state index is 12.3. The number of amides is 1. The van der Waals surface area contributed by atoms with Crippen molar-refractivity contribution >= 4 is 5.91 Å². The highest BCUT2D eigenvalue weighted by molar-refractivity contribution is 5.79. The van der Waals surface area contributed by atoms with Gasteiger partial charge in [0.05, 0.1) is 13.1 Å². The molecule has 9 heteroatoms. The number of hydrogen-bond acceptors (Lipinski definition) is 8. The number of benzene rings is 1. The van der Waals surface area contributed by atoms with Crippen LogP contribution in [-0.4, -0.2) is 69.3 Å². The number of carbonyl (C=O) groups excluding carboxylic acids is 1. The molecule has 0 unspecified atom stereocenters. The zero-order valence-corrected chi connectivity index (χ0v) is 19.8. The van der Waals surface area contributed by atoms with Crippen LogP contribution in [-0.2, 0) is 11.3 Å². The van der Waals surface area contributed by atoms with Crippen LogP contribution in [0.25, 0.3) is 22.7 Å². The topological polar surface area (TPSA) is 101 Å². The number of rotatable bonds is 6. The first-order valence-electron chi connectivity index (χ1n) is 11.4. The molecule has 2 aromatic heterocycles. The lowest BCUT2D eigenvalue weighted by Gasteiger charge is -2.24. The predicted octanol–water partition coefficient (Wildman–Crippen LogP) is 3.12. The van der Waals surface area contributed by atoms with Gasteiger partial charge in [-0.2, -0.15) is 0 Å². The molecule has 9 nitrogen and oxygen atoms in total. The van der Waals surface area contributed by atoms with Crippen LogP contribution < -0.4 is 5.32 Å². The van der Waals surface area contributed by atoms with Gasteiger partial charge in [-0.3, -0.25) is 14.6 Å². The number of carbonyl (C=O) groups is 1. The standard InChI is InChI=1S/C24H32N6O3/c1-17-21(22(28-33-17)18-9-6-5-7-10-18)23-27-26-20(32-23)16-30-12-8-11-29(13-14-30)15-19(31)25-24(2,3)4/h5-7,9-10H,8,11-16H2,1-4H3,(H,25,31). The van der Waals surface area contributed by atoms with Gasteiger partial charge in [-0.1, -0.05) is 35.5 Å². The highest BCUT2D eigenvalue weighted by Crippen LogP contribution is 2.33. The fourth-order valence-electron chi connectivity index (χ4n) is 4.03. The Hall–Kier alpha value is -3.04. The van der Waals surface area contributed by atoms with Crippen LogP contribution in [0.3, 0.4) is 0 Å². The Labute approximate surface area is 194 Å². The Bertz CT molecular complexity index is 1070. The van der Waals surface area contributed by atoms with E-state index in [0.29, 0.717) is 36.3 Å². The normalized spacial score (nSPS) is 16.0. The monoisotopic (exact) mass is 452 g/mol. The second-order valence-electron chi connectivity index (χ2n) is 9.53. The molecule has 1 saturated heterocycles. The van der Waals surface area contributed by atoms with E-state index in [4.69, 9.17) is 8.94 Å². The molecule has 1 aliphatic rings. The summed E-state index contributed by atoms with van der Waals surface area (Å²) in [5.74, 6) is 1.68. The van der Waals surface area contributed by atoms with E-state index in [9.17, 15) is 4.79 Å². The number of aryl methyl sites for hydroxylation is 1. The Morgan fingerprint density at radius 2 is 1.79 bits per heavy atom. The van der Waals surface area contributed by atoms with E-state index in [-0.39, 0.29) is 11.4 Å². The van der Waals surface area contributed by atoms with Crippen molar-refractivity contribution in [3.8, 4) is 22.7 Å². The van der Waals surface area contributed by atoms with Gasteiger partial charge in [0, 0.05) is 24.2 Å². The molecule has 4 rings (SSSR count). The molecule has 0 radical (unpaired) electrons. The molecule has 33 heavy (non-hydrogen) atoms. The maximum Gasteiger partial charge on any atom is 0.253 e. The molecule has 0 saturated carbocycles. The van der Waals surface area contributed by atoms with Crippen LogP contribution in [0.2, 0.25) is 0 Å². The Balaban J connectivity index is 1.38. The summed E-state index contributed by atoms with van der Waals surface area (Å²) in [7, 11) is 0. The van der Waals surface area contributed by atoms with E-state index in [1.807, 2.05) is 58.0 Å². The first-order chi connectivity index (χ1) is 15.8. The summed E-state index contributed by atoms with van der Waals surface area (Å²) in [6, 6.07) is 9.82. The van der Waals surface area contributed by atoms with E-state index in [2.05, 4.69) is 30.5 Å². The third-order valence-corrected chi connectivity index (χ3v) is 5.51. The van der Waals surface area contributed by atoms with Crippen LogP contribution in [0.4, 0.5) is 0 Å². The Morgan fingerprint density at radius 3 is 2.55 bits per heavy atom. The zero-order chi connectivity index (χ0) is 23.4. The van der Waals surface area contributed by atoms with Gasteiger partial charge in [0.2, 0.25) is 11.8 Å². The molecular weight excluding hydrogens is 420 g/mol. The van der Waals surface area contributed by atoms with Gasteiger partial charge < -0.3 is 14.3 Å². The van der Waals surface area contributed by atoms with E-state index >= 15 is 0 Å². The summed E-state index contributed by atoms with van der Waals surface area (Å²) in [6.07, 6.45) is 0.979. The lowest BCUT2D eigenvalue weighted by Crippen LogP contribution is -2.46. The first-order valence-corrected chi connectivity index (χ1v) is 11.4. The van der Waals surface area contributed by atoms with Crippen molar-refractivity contribution < 1.29 is 13.7 Å². The molecule has 0 atom stereocenters. The molecule has 0 spiro atoms. The lowest BCUT2D eigenvalue weighted by atomic mass is 10.1. The highest BCUT2D eigenvalue weighted by Gasteiger charge is 2.24. The third kappa shape index (κ3) is 6.06. The fraction of sp³-hybridized carbons (Fsp3) is 0.500. The Morgan fingerprint density at radius 1 is 1.06 bits per heavy atom. The van der Waals surface area contributed by atoms with Crippen molar-refractivity contribution in [2.45, 2.75) is 46.2 Å². The van der Waals surface area contributed by atoms with Crippen molar-refractivity contribution in [1.29, 1.82) is 0 Å². The van der Waals surface area contributed by atoms with Crippen LogP contribution in [0.5, 0.6) is 0 Å². The molecule has 1 N–H and O–H groups in total. The Kier molecular flexibility index (Phi) is 6.90. The second kappa shape index (κ2) is 9.84. The smallest absolute Gasteiger partial charge is 0.253 e. The quantitative estimate of drug-likeness (QED) is 0.609. The van der Waals surface area contributed by atoms with E-state index < -0.39 is 0 Å². The average Bonchev–Trinajstić information content (AvgIpc) is 3.30. The molecule has 1 aromatic carbocycles. The minimum absolute atomic E-state index is 0.0656. The van der Waals surface area contributed by atoms with E-state index in [0.717, 1.165) is 43.7 Å². The first kappa shape index (κ1) is 23.1. The van der Waals surface area contributed by atoms with Gasteiger partial charge in [0.25, 0.3) is 5.89 Å². The zero-order valence-electron chi connectivity index (χ0n) is 19.8. The third-order valence-electron chi connectivity index (χ3n) is 5.51. The maximum atomic E-state index is 12.3. The molecule has 0 bridgehead atoms. The van der Waals surface area contributed by atoms with Gasteiger partial charge in [0.15, 0.2) is 0 Å². The van der Waals surface area contributed by atoms with Crippen molar-refractivity contribution in [2.24, 2.45) is 0 Å². The van der Waals surface area contributed by atoms with Gasteiger partial charge in [-0.25, -0.2) is 0 Å². The highest BCUT2D eigenvalue weighted by atomic mass is 16.5. The summed E-state index contributed by atoms with van der Waals surface area (Å²) >= 11 is 0. The summed E-state index contributed by atoms with van der Waals surface area (Å²) in [6.45, 7) is 12.3. The molecule has 1 amide bonds. The van der Waals surface area contributed by atoms with Gasteiger partial charge in [-0.15, -0.1) is 10.2 Å². The number of aromatic nitrogens is 3.